The predicted octanol–water partition coefficient (Wildman–Crippen LogP) is 3.89. The highest BCUT2D eigenvalue weighted by Gasteiger charge is 2.27. The lowest BCUT2D eigenvalue weighted by molar-refractivity contribution is 0.220. The number of hydrogen-bond donors (Lipinski definition) is 0. The van der Waals surface area contributed by atoms with Gasteiger partial charge in [0.15, 0.2) is 0 Å². The number of benzene rings is 1. The number of anilines is 1. The number of aryl methyl sites for hydroxylation is 2. The number of hydrogen-bond acceptors (Lipinski definition) is 6. The Bertz CT molecular complexity index is 1000. The first-order chi connectivity index (χ1) is 13.0. The molecule has 0 unspecified atom stereocenters. The van der Waals surface area contributed by atoms with Gasteiger partial charge in [0.25, 0.3) is 0 Å². The fourth-order valence-corrected chi connectivity index (χ4v) is 4.77. The van der Waals surface area contributed by atoms with Crippen LogP contribution in [0.3, 0.4) is 0 Å². The molecule has 1 aliphatic heterocycles. The second-order valence-corrected chi connectivity index (χ2v) is 8.14. The van der Waals surface area contributed by atoms with Gasteiger partial charge in [-0.3, -0.25) is 4.90 Å². The molecular weight excluding hydrogens is 354 g/mol. The van der Waals surface area contributed by atoms with Crippen LogP contribution >= 0.6 is 11.3 Å². The van der Waals surface area contributed by atoms with E-state index in [0.717, 1.165) is 42.7 Å². The van der Waals surface area contributed by atoms with Gasteiger partial charge in [0, 0.05) is 32.2 Å². The van der Waals surface area contributed by atoms with Crippen LogP contribution in [0.1, 0.15) is 29.4 Å². The average Bonchev–Trinajstić information content (AvgIpc) is 3.03. The van der Waals surface area contributed by atoms with E-state index in [9.17, 15) is 0 Å². The maximum Gasteiger partial charge on any atom is 0.141 e. The third kappa shape index (κ3) is 3.53. The van der Waals surface area contributed by atoms with Crippen molar-refractivity contribution < 1.29 is 0 Å². The molecule has 6 heteroatoms. The van der Waals surface area contributed by atoms with Gasteiger partial charge in [0.05, 0.1) is 17.0 Å². The maximum atomic E-state index is 8.95. The van der Waals surface area contributed by atoms with Crippen LogP contribution in [-0.2, 0) is 6.54 Å². The van der Waals surface area contributed by atoms with E-state index in [1.165, 1.54) is 16.5 Å². The van der Waals surface area contributed by atoms with Gasteiger partial charge in [-0.2, -0.15) is 5.26 Å². The van der Waals surface area contributed by atoms with Crippen molar-refractivity contribution in [1.29, 1.82) is 5.26 Å². The molecule has 4 rings (SSSR count). The van der Waals surface area contributed by atoms with E-state index in [1.54, 1.807) is 11.3 Å². The molecule has 138 valence electrons. The van der Waals surface area contributed by atoms with Crippen LogP contribution in [0, 0.1) is 25.2 Å². The summed E-state index contributed by atoms with van der Waals surface area (Å²) in [7, 11) is 0. The first-order valence-electron chi connectivity index (χ1n) is 9.25. The molecule has 1 fully saturated rings. The van der Waals surface area contributed by atoms with Gasteiger partial charge in [0.2, 0.25) is 0 Å². The SMILES string of the molecule is Cc1nc(N2CCN(Cc3ccc(C#N)cc3)C[C@@H]2C)c2c(C)csc2n1. The van der Waals surface area contributed by atoms with Crippen molar-refractivity contribution in [2.75, 3.05) is 24.5 Å². The van der Waals surface area contributed by atoms with E-state index in [1.807, 2.05) is 19.1 Å². The minimum atomic E-state index is 0.383. The van der Waals surface area contributed by atoms with E-state index in [-0.39, 0.29) is 0 Å². The van der Waals surface area contributed by atoms with Crippen LogP contribution in [-0.4, -0.2) is 40.5 Å². The summed E-state index contributed by atoms with van der Waals surface area (Å²) >= 11 is 1.70. The Hall–Kier alpha value is -2.49. The molecule has 1 aromatic carbocycles. The van der Waals surface area contributed by atoms with Gasteiger partial charge in [-0.25, -0.2) is 9.97 Å². The van der Waals surface area contributed by atoms with Crippen LogP contribution in [0.15, 0.2) is 29.6 Å². The van der Waals surface area contributed by atoms with Crippen molar-refractivity contribution in [3.8, 4) is 6.07 Å². The minimum absolute atomic E-state index is 0.383. The summed E-state index contributed by atoms with van der Waals surface area (Å²) in [5, 5.41) is 12.3. The van der Waals surface area contributed by atoms with Crippen LogP contribution in [0.5, 0.6) is 0 Å². The van der Waals surface area contributed by atoms with Gasteiger partial charge in [0.1, 0.15) is 16.5 Å². The van der Waals surface area contributed by atoms with Crippen LogP contribution in [0.25, 0.3) is 10.2 Å². The van der Waals surface area contributed by atoms with Crippen molar-refractivity contribution in [2.24, 2.45) is 0 Å². The monoisotopic (exact) mass is 377 g/mol. The van der Waals surface area contributed by atoms with Crippen molar-refractivity contribution >= 4 is 27.4 Å². The summed E-state index contributed by atoms with van der Waals surface area (Å²) in [6.07, 6.45) is 0. The lowest BCUT2D eigenvalue weighted by Crippen LogP contribution is -2.52. The number of fused-ring (bicyclic) bond motifs is 1. The zero-order chi connectivity index (χ0) is 19.0. The highest BCUT2D eigenvalue weighted by molar-refractivity contribution is 7.17. The molecule has 3 aromatic rings. The number of rotatable bonds is 3. The molecule has 1 saturated heterocycles. The molecule has 1 atom stereocenters. The Morgan fingerprint density at radius 3 is 2.67 bits per heavy atom. The van der Waals surface area contributed by atoms with Crippen molar-refractivity contribution in [3.63, 3.8) is 0 Å². The topological polar surface area (TPSA) is 56.1 Å². The molecular formula is C21H23N5S. The predicted molar refractivity (Wildman–Crippen MR) is 110 cm³/mol. The molecule has 2 aromatic heterocycles. The van der Waals surface area contributed by atoms with Crippen molar-refractivity contribution in [1.82, 2.24) is 14.9 Å². The molecule has 0 spiro atoms. The molecule has 0 N–H and O–H groups in total. The van der Waals surface area contributed by atoms with Gasteiger partial charge in [-0.1, -0.05) is 12.1 Å². The average molecular weight is 378 g/mol. The summed E-state index contributed by atoms with van der Waals surface area (Å²) in [4.78, 5) is 15.4. The quantitative estimate of drug-likeness (QED) is 0.693. The Labute approximate surface area is 163 Å². The Kier molecular flexibility index (Phi) is 4.81. The van der Waals surface area contributed by atoms with Gasteiger partial charge >= 0.3 is 0 Å². The third-order valence-electron chi connectivity index (χ3n) is 5.18. The summed E-state index contributed by atoms with van der Waals surface area (Å²) in [6.45, 7) is 10.3. The first kappa shape index (κ1) is 17.9. The Balaban J connectivity index is 1.52. The van der Waals surface area contributed by atoms with Crippen LogP contribution in [0.4, 0.5) is 5.82 Å². The summed E-state index contributed by atoms with van der Waals surface area (Å²) in [5.41, 5.74) is 3.23. The molecule has 0 aliphatic carbocycles. The Morgan fingerprint density at radius 1 is 1.19 bits per heavy atom. The van der Waals surface area contributed by atoms with Crippen molar-refractivity contribution in [2.45, 2.75) is 33.4 Å². The second-order valence-electron chi connectivity index (χ2n) is 7.28. The molecule has 27 heavy (non-hydrogen) atoms. The van der Waals surface area contributed by atoms with Crippen LogP contribution in [0.2, 0.25) is 0 Å². The lowest BCUT2D eigenvalue weighted by atomic mass is 10.1. The van der Waals surface area contributed by atoms with Gasteiger partial charge in [-0.05, 0) is 49.4 Å². The normalized spacial score (nSPS) is 18.0. The molecule has 0 saturated carbocycles. The smallest absolute Gasteiger partial charge is 0.141 e. The van der Waals surface area contributed by atoms with Gasteiger partial charge < -0.3 is 4.90 Å². The van der Waals surface area contributed by atoms with Crippen LogP contribution < -0.4 is 4.90 Å². The largest absolute Gasteiger partial charge is 0.351 e. The maximum absolute atomic E-state index is 8.95. The highest BCUT2D eigenvalue weighted by atomic mass is 32.1. The number of nitriles is 1. The molecule has 1 aliphatic rings. The number of nitrogens with zero attached hydrogens (tertiary/aromatic N) is 5. The summed E-state index contributed by atoms with van der Waals surface area (Å²) in [5.74, 6) is 1.92. The number of thiophene rings is 1. The van der Waals surface area contributed by atoms with E-state index in [4.69, 9.17) is 10.2 Å². The van der Waals surface area contributed by atoms with E-state index in [0.29, 0.717) is 11.6 Å². The summed E-state index contributed by atoms with van der Waals surface area (Å²) < 4.78 is 0. The Morgan fingerprint density at radius 2 is 1.96 bits per heavy atom. The van der Waals surface area contributed by atoms with E-state index >= 15 is 0 Å². The van der Waals surface area contributed by atoms with Crippen molar-refractivity contribution in [3.05, 3.63) is 52.2 Å². The lowest BCUT2D eigenvalue weighted by Gasteiger charge is -2.41. The van der Waals surface area contributed by atoms with E-state index < -0.39 is 0 Å². The summed E-state index contributed by atoms with van der Waals surface area (Å²) in [6, 6.07) is 10.5. The fraction of sp³-hybridized carbons (Fsp3) is 0.381. The molecule has 3 heterocycles. The minimum Gasteiger partial charge on any atom is -0.351 e. The fourth-order valence-electron chi connectivity index (χ4n) is 3.81. The number of piperazine rings is 1. The molecule has 0 bridgehead atoms. The molecule has 0 amide bonds. The standard InChI is InChI=1S/C21H23N5S/c1-14-13-27-21-19(14)20(23-16(3)24-21)26-9-8-25(11-15(26)2)12-18-6-4-17(10-22)5-7-18/h4-7,13,15H,8-9,11-12H2,1-3H3/t15-/m0/s1. The zero-order valence-electron chi connectivity index (χ0n) is 15.9. The second kappa shape index (κ2) is 7.26. The van der Waals surface area contributed by atoms with E-state index in [2.05, 4.69) is 52.2 Å². The molecule has 0 radical (unpaired) electrons. The van der Waals surface area contributed by atoms with Gasteiger partial charge in [-0.15, -0.1) is 11.3 Å². The highest BCUT2D eigenvalue weighted by Crippen LogP contribution is 2.33. The third-order valence-corrected chi connectivity index (χ3v) is 6.17. The molecule has 5 nitrogen and oxygen atoms in total. The number of aromatic nitrogens is 2. The first-order valence-corrected chi connectivity index (χ1v) is 10.1. The zero-order valence-corrected chi connectivity index (χ0v) is 16.8.